The van der Waals surface area contributed by atoms with Crippen molar-refractivity contribution in [3.05, 3.63) is 6.10 Å². The van der Waals surface area contributed by atoms with Crippen molar-refractivity contribution < 1.29 is 4.74 Å². The van der Waals surface area contributed by atoms with E-state index >= 15 is 0 Å². The molecule has 1 nitrogen and oxygen atoms in total. The minimum atomic E-state index is 0.924. The zero-order valence-corrected chi connectivity index (χ0v) is 5.70. The van der Waals surface area contributed by atoms with Gasteiger partial charge in [0, 0.05) is 11.9 Å². The summed E-state index contributed by atoms with van der Waals surface area (Å²) in [6.45, 7) is 0.931. The number of hydrogen-bond acceptors (Lipinski definition) is 1. The predicted octanol–water partition coefficient (Wildman–Crippen LogP) is 1.72. The molecule has 2 heteroatoms. The summed E-state index contributed by atoms with van der Waals surface area (Å²) in [5.74, 6) is 0. The van der Waals surface area contributed by atoms with Gasteiger partial charge in [-0.2, -0.15) is 0 Å². The van der Waals surface area contributed by atoms with Gasteiger partial charge in [-0.05, 0) is 12.8 Å². The molecule has 0 N–H and O–H groups in total. The summed E-state index contributed by atoms with van der Waals surface area (Å²) in [6, 6.07) is 0. The Morgan fingerprint density at radius 3 is 2.86 bits per heavy atom. The molecule has 0 aliphatic carbocycles. The van der Waals surface area contributed by atoms with Crippen molar-refractivity contribution >= 4 is 15.9 Å². The maximum atomic E-state index is 5.17. The van der Waals surface area contributed by atoms with Crippen LogP contribution < -0.4 is 0 Å². The van der Waals surface area contributed by atoms with E-state index in [1.807, 2.05) is 0 Å². The third kappa shape index (κ3) is 1.42. The van der Waals surface area contributed by atoms with Crippen LogP contribution in [-0.4, -0.2) is 11.9 Å². The smallest absolute Gasteiger partial charge is 0.108 e. The normalized spacial score (nSPS) is 23.6. The van der Waals surface area contributed by atoms with Crippen molar-refractivity contribution in [1.29, 1.82) is 0 Å². The number of hydrogen-bond donors (Lipinski definition) is 0. The highest BCUT2D eigenvalue weighted by Gasteiger charge is 2.13. The lowest BCUT2D eigenvalue weighted by atomic mass is 10.3. The van der Waals surface area contributed by atoms with Gasteiger partial charge in [-0.3, -0.25) is 0 Å². The van der Waals surface area contributed by atoms with Crippen LogP contribution in [0, 0.1) is 6.10 Å². The van der Waals surface area contributed by atoms with Crippen molar-refractivity contribution in [3.8, 4) is 0 Å². The molecular formula is C5H8BrO. The zero-order chi connectivity index (χ0) is 5.11. The summed E-state index contributed by atoms with van der Waals surface area (Å²) in [6.07, 6.45) is 3.58. The van der Waals surface area contributed by atoms with Crippen molar-refractivity contribution in [2.45, 2.75) is 12.8 Å². The van der Waals surface area contributed by atoms with Crippen molar-refractivity contribution in [3.63, 3.8) is 0 Å². The molecule has 1 radical (unpaired) electrons. The summed E-state index contributed by atoms with van der Waals surface area (Å²) >= 11 is 3.31. The van der Waals surface area contributed by atoms with Gasteiger partial charge in [0.15, 0.2) is 0 Å². The molecule has 1 fully saturated rings. The lowest BCUT2D eigenvalue weighted by Crippen LogP contribution is -1.92. The summed E-state index contributed by atoms with van der Waals surface area (Å²) < 4.78 is 5.17. The van der Waals surface area contributed by atoms with Gasteiger partial charge >= 0.3 is 0 Å². The second kappa shape index (κ2) is 2.68. The first-order valence-electron chi connectivity index (χ1n) is 2.47. The SMILES string of the molecule is BrC[C]1CCCO1. The Bertz CT molecular complexity index is 50.0. The molecule has 0 atom stereocenters. The fourth-order valence-corrected chi connectivity index (χ4v) is 1.11. The number of alkyl halides is 1. The third-order valence-electron chi connectivity index (χ3n) is 1.06. The molecule has 0 aromatic heterocycles. The van der Waals surface area contributed by atoms with E-state index in [-0.39, 0.29) is 0 Å². The Hall–Kier alpha value is 0.440. The largest absolute Gasteiger partial charge is 0.371 e. The molecule has 0 aromatic rings. The maximum absolute atomic E-state index is 5.17. The van der Waals surface area contributed by atoms with E-state index in [1.165, 1.54) is 12.5 Å². The van der Waals surface area contributed by atoms with Gasteiger partial charge in [-0.1, -0.05) is 15.9 Å². The Morgan fingerprint density at radius 1 is 1.71 bits per heavy atom. The zero-order valence-electron chi connectivity index (χ0n) is 4.11. The highest BCUT2D eigenvalue weighted by molar-refractivity contribution is 9.09. The molecule has 0 saturated carbocycles. The lowest BCUT2D eigenvalue weighted by Gasteiger charge is -1.98. The molecule has 0 unspecified atom stereocenters. The monoisotopic (exact) mass is 163 g/mol. The molecule has 0 spiro atoms. The van der Waals surface area contributed by atoms with Crippen LogP contribution in [0.5, 0.6) is 0 Å². The maximum Gasteiger partial charge on any atom is 0.108 e. The Kier molecular flexibility index (Phi) is 2.13. The van der Waals surface area contributed by atoms with Crippen LogP contribution >= 0.6 is 15.9 Å². The fraction of sp³-hybridized carbons (Fsp3) is 0.800. The van der Waals surface area contributed by atoms with Gasteiger partial charge in [0.1, 0.15) is 6.10 Å². The van der Waals surface area contributed by atoms with E-state index in [2.05, 4.69) is 15.9 Å². The topological polar surface area (TPSA) is 9.23 Å². The van der Waals surface area contributed by atoms with Crippen LogP contribution in [0.1, 0.15) is 12.8 Å². The Labute approximate surface area is 52.2 Å². The molecule has 1 aliphatic rings. The fourth-order valence-electron chi connectivity index (χ4n) is 0.663. The number of ether oxygens (including phenoxy) is 1. The molecule has 1 saturated heterocycles. The van der Waals surface area contributed by atoms with Gasteiger partial charge in [-0.15, -0.1) is 0 Å². The Morgan fingerprint density at radius 2 is 2.57 bits per heavy atom. The molecule has 0 aromatic carbocycles. The molecule has 0 bridgehead atoms. The first kappa shape index (κ1) is 5.57. The first-order valence-corrected chi connectivity index (χ1v) is 3.59. The van der Waals surface area contributed by atoms with Crippen molar-refractivity contribution in [2.75, 3.05) is 11.9 Å². The minimum Gasteiger partial charge on any atom is -0.371 e. The first-order chi connectivity index (χ1) is 3.43. The molecule has 41 valence electrons. The van der Waals surface area contributed by atoms with E-state index in [0.717, 1.165) is 18.4 Å². The van der Waals surface area contributed by atoms with Crippen LogP contribution in [0.4, 0.5) is 0 Å². The van der Waals surface area contributed by atoms with Crippen LogP contribution in [0.15, 0.2) is 0 Å². The molecular weight excluding hydrogens is 156 g/mol. The Balaban J connectivity index is 2.14. The van der Waals surface area contributed by atoms with Gasteiger partial charge in [0.05, 0.1) is 0 Å². The van der Waals surface area contributed by atoms with Crippen LogP contribution in [0.2, 0.25) is 0 Å². The van der Waals surface area contributed by atoms with E-state index in [0.29, 0.717) is 0 Å². The average molecular weight is 164 g/mol. The number of halogens is 1. The van der Waals surface area contributed by atoms with Gasteiger partial charge in [0.2, 0.25) is 0 Å². The number of rotatable bonds is 1. The lowest BCUT2D eigenvalue weighted by molar-refractivity contribution is 0.209. The van der Waals surface area contributed by atoms with Crippen LogP contribution in [0.25, 0.3) is 0 Å². The highest BCUT2D eigenvalue weighted by atomic mass is 79.9. The standard InChI is InChI=1S/C5H8BrO/c6-4-5-2-1-3-7-5/h1-4H2. The molecule has 1 aliphatic heterocycles. The van der Waals surface area contributed by atoms with E-state index in [1.54, 1.807) is 0 Å². The van der Waals surface area contributed by atoms with Gasteiger partial charge in [-0.25, -0.2) is 0 Å². The average Bonchev–Trinajstić information content (AvgIpc) is 2.14. The molecule has 7 heavy (non-hydrogen) atoms. The summed E-state index contributed by atoms with van der Waals surface area (Å²) in [5, 5.41) is 0.924. The quantitative estimate of drug-likeness (QED) is 0.536. The van der Waals surface area contributed by atoms with E-state index in [4.69, 9.17) is 4.74 Å². The second-order valence-corrected chi connectivity index (χ2v) is 2.19. The minimum absolute atomic E-state index is 0.924. The predicted molar refractivity (Wildman–Crippen MR) is 32.2 cm³/mol. The highest BCUT2D eigenvalue weighted by Crippen LogP contribution is 2.20. The van der Waals surface area contributed by atoms with Crippen molar-refractivity contribution in [2.24, 2.45) is 0 Å². The van der Waals surface area contributed by atoms with E-state index < -0.39 is 0 Å². The van der Waals surface area contributed by atoms with E-state index in [9.17, 15) is 0 Å². The third-order valence-corrected chi connectivity index (χ3v) is 1.68. The van der Waals surface area contributed by atoms with Gasteiger partial charge in [0.25, 0.3) is 0 Å². The van der Waals surface area contributed by atoms with Crippen LogP contribution in [0.3, 0.4) is 0 Å². The summed E-state index contributed by atoms with van der Waals surface area (Å²) in [4.78, 5) is 0. The van der Waals surface area contributed by atoms with Gasteiger partial charge < -0.3 is 4.74 Å². The molecule has 1 rings (SSSR count). The molecule has 0 amide bonds. The van der Waals surface area contributed by atoms with Crippen molar-refractivity contribution in [1.82, 2.24) is 0 Å². The summed E-state index contributed by atoms with van der Waals surface area (Å²) in [5.41, 5.74) is 0. The second-order valence-electron chi connectivity index (χ2n) is 1.62. The molecule has 1 heterocycles. The van der Waals surface area contributed by atoms with Crippen LogP contribution in [-0.2, 0) is 4.74 Å². The summed E-state index contributed by atoms with van der Waals surface area (Å²) in [7, 11) is 0.